The molecule has 0 atom stereocenters. The van der Waals surface area contributed by atoms with Crippen LogP contribution >= 0.6 is 11.6 Å². The second-order valence-corrected chi connectivity index (χ2v) is 7.18. The number of nitrogens with zero attached hydrogens (tertiary/aromatic N) is 2. The van der Waals surface area contributed by atoms with Crippen molar-refractivity contribution >= 4 is 27.4 Å². The Labute approximate surface area is 119 Å². The highest BCUT2D eigenvalue weighted by Gasteiger charge is 2.28. The van der Waals surface area contributed by atoms with E-state index in [1.807, 2.05) is 0 Å². The molecule has 1 aromatic heterocycles. The van der Waals surface area contributed by atoms with E-state index < -0.39 is 10.0 Å². The fraction of sp³-hybridized carbons (Fsp3) is 0.583. The van der Waals surface area contributed by atoms with Gasteiger partial charge in [-0.15, -0.1) is 0 Å². The highest BCUT2D eigenvalue weighted by Crippen LogP contribution is 2.26. The van der Waals surface area contributed by atoms with Crippen molar-refractivity contribution in [2.75, 3.05) is 25.5 Å². The highest BCUT2D eigenvalue weighted by atomic mass is 35.5. The number of nitrogens with one attached hydrogen (secondary N) is 1. The van der Waals surface area contributed by atoms with E-state index in [-0.39, 0.29) is 4.90 Å². The third-order valence-electron chi connectivity index (χ3n) is 3.43. The lowest BCUT2D eigenvalue weighted by atomic mass is 10.0. The summed E-state index contributed by atoms with van der Waals surface area (Å²) < 4.78 is 26.4. The Hall–Kier alpha value is -0.850. The van der Waals surface area contributed by atoms with Crippen molar-refractivity contribution in [3.63, 3.8) is 0 Å². The third-order valence-corrected chi connectivity index (χ3v) is 5.59. The first-order valence-corrected chi connectivity index (χ1v) is 8.10. The van der Waals surface area contributed by atoms with Gasteiger partial charge in [0, 0.05) is 26.3 Å². The number of hydrogen-bond acceptors (Lipinski definition) is 4. The molecule has 1 aliphatic heterocycles. The molecule has 1 aromatic rings. The molecule has 0 saturated carbocycles. The number of piperidine rings is 1. The van der Waals surface area contributed by atoms with Gasteiger partial charge in [0.1, 0.15) is 10.7 Å². The normalized spacial score (nSPS) is 18.5. The molecule has 1 N–H and O–H groups in total. The zero-order valence-corrected chi connectivity index (χ0v) is 12.6. The van der Waals surface area contributed by atoms with E-state index in [0.717, 1.165) is 12.8 Å². The number of aromatic nitrogens is 1. The maximum atomic E-state index is 12.5. The van der Waals surface area contributed by atoms with E-state index in [9.17, 15) is 8.42 Å². The maximum Gasteiger partial charge on any atom is 0.244 e. The Kier molecular flexibility index (Phi) is 4.32. The Bertz CT molecular complexity index is 554. The van der Waals surface area contributed by atoms with E-state index in [1.165, 1.54) is 16.6 Å². The third kappa shape index (κ3) is 3.01. The summed E-state index contributed by atoms with van der Waals surface area (Å²) in [6, 6.07) is 1.45. The summed E-state index contributed by atoms with van der Waals surface area (Å²) in [5.41, 5.74) is 0. The lowest BCUT2D eigenvalue weighted by Gasteiger charge is -2.29. The van der Waals surface area contributed by atoms with Crippen LogP contribution < -0.4 is 5.32 Å². The van der Waals surface area contributed by atoms with E-state index in [0.29, 0.717) is 29.8 Å². The quantitative estimate of drug-likeness (QED) is 0.930. The average molecular weight is 304 g/mol. The summed E-state index contributed by atoms with van der Waals surface area (Å²) in [7, 11) is -1.79. The highest BCUT2D eigenvalue weighted by molar-refractivity contribution is 7.89. The Balaban J connectivity index is 2.27. The summed E-state index contributed by atoms with van der Waals surface area (Å²) in [5.74, 6) is 1.06. The number of anilines is 1. The van der Waals surface area contributed by atoms with E-state index in [4.69, 9.17) is 11.6 Å². The van der Waals surface area contributed by atoms with Crippen LogP contribution in [0.15, 0.2) is 17.2 Å². The van der Waals surface area contributed by atoms with Gasteiger partial charge in [-0.25, -0.2) is 13.4 Å². The molecule has 0 aliphatic carbocycles. The molecule has 0 unspecified atom stereocenters. The summed E-state index contributed by atoms with van der Waals surface area (Å²) in [6.07, 6.45) is 3.15. The molecule has 19 heavy (non-hydrogen) atoms. The number of halogens is 1. The smallest absolute Gasteiger partial charge is 0.244 e. The molecule has 0 spiro atoms. The summed E-state index contributed by atoms with van der Waals surface area (Å²) in [4.78, 5) is 4.18. The number of rotatable bonds is 3. The molecular weight excluding hydrogens is 286 g/mol. The fourth-order valence-corrected chi connectivity index (χ4v) is 3.89. The van der Waals surface area contributed by atoms with Gasteiger partial charge >= 0.3 is 0 Å². The van der Waals surface area contributed by atoms with Crippen molar-refractivity contribution in [3.05, 3.63) is 17.3 Å². The molecule has 1 saturated heterocycles. The molecule has 0 radical (unpaired) electrons. The van der Waals surface area contributed by atoms with Crippen LogP contribution in [-0.4, -0.2) is 37.8 Å². The van der Waals surface area contributed by atoms with Gasteiger partial charge in [-0.3, -0.25) is 0 Å². The van der Waals surface area contributed by atoms with Gasteiger partial charge in [0.15, 0.2) is 0 Å². The molecule has 1 fully saturated rings. The van der Waals surface area contributed by atoms with Gasteiger partial charge in [-0.2, -0.15) is 4.31 Å². The van der Waals surface area contributed by atoms with Crippen molar-refractivity contribution in [2.45, 2.75) is 24.7 Å². The lowest BCUT2D eigenvalue weighted by molar-refractivity contribution is 0.288. The molecule has 7 heteroatoms. The van der Waals surface area contributed by atoms with Crippen LogP contribution in [0.4, 0.5) is 5.82 Å². The first-order chi connectivity index (χ1) is 8.95. The minimum atomic E-state index is -3.47. The lowest BCUT2D eigenvalue weighted by Crippen LogP contribution is -2.37. The SMILES string of the molecule is CNc1ncc(S(=O)(=O)N2CCC(C)CC2)cc1Cl. The van der Waals surface area contributed by atoms with Gasteiger partial charge in [-0.05, 0) is 24.8 Å². The monoisotopic (exact) mass is 303 g/mol. The van der Waals surface area contributed by atoms with Gasteiger partial charge in [0.05, 0.1) is 5.02 Å². The summed E-state index contributed by atoms with van der Waals surface area (Å²) in [6.45, 7) is 3.27. The van der Waals surface area contributed by atoms with Crippen LogP contribution in [0, 0.1) is 5.92 Å². The molecule has 2 heterocycles. The minimum Gasteiger partial charge on any atom is -0.372 e. The molecule has 0 bridgehead atoms. The van der Waals surface area contributed by atoms with Crippen molar-refractivity contribution in [1.29, 1.82) is 0 Å². The number of pyridine rings is 1. The van der Waals surface area contributed by atoms with E-state index in [2.05, 4.69) is 17.2 Å². The van der Waals surface area contributed by atoms with Crippen LogP contribution in [0.5, 0.6) is 0 Å². The zero-order chi connectivity index (χ0) is 14.0. The summed E-state index contributed by atoms with van der Waals surface area (Å²) >= 11 is 5.99. The minimum absolute atomic E-state index is 0.158. The van der Waals surface area contributed by atoms with Crippen LogP contribution in [0.25, 0.3) is 0 Å². The largest absolute Gasteiger partial charge is 0.372 e. The predicted octanol–water partition coefficient (Wildman–Crippen LogP) is 2.20. The van der Waals surface area contributed by atoms with Crippen molar-refractivity contribution in [2.24, 2.45) is 5.92 Å². The van der Waals surface area contributed by atoms with Crippen LogP contribution in [0.3, 0.4) is 0 Å². The molecular formula is C12H18ClN3O2S. The van der Waals surface area contributed by atoms with Gasteiger partial charge < -0.3 is 5.32 Å². The Morgan fingerprint density at radius 3 is 2.58 bits per heavy atom. The topological polar surface area (TPSA) is 62.3 Å². The Morgan fingerprint density at radius 1 is 1.42 bits per heavy atom. The average Bonchev–Trinajstić information content (AvgIpc) is 2.39. The molecule has 1 aliphatic rings. The molecule has 0 aromatic carbocycles. The standard InChI is InChI=1S/C12H18ClN3O2S/c1-9-3-5-16(6-4-9)19(17,18)10-7-11(13)12(14-2)15-8-10/h7-9H,3-6H2,1-2H3,(H,14,15). The van der Waals surface area contributed by atoms with Crippen molar-refractivity contribution in [3.8, 4) is 0 Å². The number of hydrogen-bond donors (Lipinski definition) is 1. The van der Waals surface area contributed by atoms with Crippen molar-refractivity contribution in [1.82, 2.24) is 9.29 Å². The Morgan fingerprint density at radius 2 is 2.05 bits per heavy atom. The molecule has 5 nitrogen and oxygen atoms in total. The second kappa shape index (κ2) is 5.64. The van der Waals surface area contributed by atoms with E-state index in [1.54, 1.807) is 7.05 Å². The summed E-state index contributed by atoms with van der Waals surface area (Å²) in [5, 5.41) is 3.12. The van der Waals surface area contributed by atoms with Crippen LogP contribution in [0.2, 0.25) is 5.02 Å². The van der Waals surface area contributed by atoms with E-state index >= 15 is 0 Å². The first-order valence-electron chi connectivity index (χ1n) is 6.28. The molecule has 0 amide bonds. The second-order valence-electron chi connectivity index (χ2n) is 4.84. The van der Waals surface area contributed by atoms with Crippen LogP contribution in [-0.2, 0) is 10.0 Å². The predicted molar refractivity (Wildman–Crippen MR) is 76.0 cm³/mol. The molecule has 2 rings (SSSR count). The van der Waals surface area contributed by atoms with Gasteiger partial charge in [0.2, 0.25) is 10.0 Å². The van der Waals surface area contributed by atoms with Gasteiger partial charge in [-0.1, -0.05) is 18.5 Å². The van der Waals surface area contributed by atoms with Gasteiger partial charge in [0.25, 0.3) is 0 Å². The number of sulfonamides is 1. The zero-order valence-electron chi connectivity index (χ0n) is 11.1. The first kappa shape index (κ1) is 14.6. The van der Waals surface area contributed by atoms with Crippen molar-refractivity contribution < 1.29 is 8.42 Å². The van der Waals surface area contributed by atoms with Crippen LogP contribution in [0.1, 0.15) is 19.8 Å². The maximum absolute atomic E-state index is 12.5. The molecule has 106 valence electrons. The fourth-order valence-electron chi connectivity index (χ4n) is 2.12.